The summed E-state index contributed by atoms with van der Waals surface area (Å²) in [5.41, 5.74) is 1.21. The summed E-state index contributed by atoms with van der Waals surface area (Å²) in [6.07, 6.45) is 0. The van der Waals surface area contributed by atoms with Gasteiger partial charge in [-0.3, -0.25) is 0 Å². The van der Waals surface area contributed by atoms with Crippen LogP contribution in [-0.2, 0) is 10.0 Å². The van der Waals surface area contributed by atoms with Crippen molar-refractivity contribution in [2.24, 2.45) is 0 Å². The van der Waals surface area contributed by atoms with Crippen molar-refractivity contribution in [1.82, 2.24) is 24.5 Å². The molecule has 0 bridgehead atoms. The highest BCUT2D eigenvalue weighted by atomic mass is 35.5. The molecule has 33 heavy (non-hydrogen) atoms. The lowest BCUT2D eigenvalue weighted by Crippen LogP contribution is -2.28. The van der Waals surface area contributed by atoms with Crippen molar-refractivity contribution in [1.29, 1.82) is 0 Å². The van der Waals surface area contributed by atoms with Crippen molar-refractivity contribution in [3.05, 3.63) is 59.6 Å². The first-order valence-corrected chi connectivity index (χ1v) is 11.9. The van der Waals surface area contributed by atoms with Gasteiger partial charge in [-0.2, -0.15) is 4.52 Å². The second-order valence-corrected chi connectivity index (χ2v) is 9.17. The number of aromatic nitrogens is 4. The number of benzene rings is 2. The number of rotatable bonds is 7. The van der Waals surface area contributed by atoms with Crippen LogP contribution in [0.3, 0.4) is 0 Å². The van der Waals surface area contributed by atoms with E-state index in [1.807, 2.05) is 18.2 Å². The van der Waals surface area contributed by atoms with Crippen LogP contribution in [-0.4, -0.2) is 54.6 Å². The van der Waals surface area contributed by atoms with Gasteiger partial charge in [0.05, 0.1) is 9.92 Å². The first-order chi connectivity index (χ1) is 16.0. The fraction of sp³-hybridized carbons (Fsp3) is 0.190. The molecule has 0 radical (unpaired) electrons. The molecule has 1 aliphatic rings. The van der Waals surface area contributed by atoms with Crippen LogP contribution >= 0.6 is 11.6 Å². The summed E-state index contributed by atoms with van der Waals surface area (Å²) in [7, 11) is -3.75. The highest BCUT2D eigenvalue weighted by molar-refractivity contribution is 7.89. The normalized spacial score (nSPS) is 13.2. The standard InChI is InChI=1S/C21H18ClN5O5S/c22-16-4-2-1-3-15(16)21-25-24-19-7-8-20(26-27(19)21)32-10-9-23-33(28,29)14-5-6-17-18(13-14)31-12-11-30-17/h1-8,13,23H,9-12H2. The van der Waals surface area contributed by atoms with Gasteiger partial charge >= 0.3 is 0 Å². The van der Waals surface area contributed by atoms with Gasteiger partial charge in [-0.25, -0.2) is 13.1 Å². The molecule has 12 heteroatoms. The Labute approximate surface area is 194 Å². The van der Waals surface area contributed by atoms with E-state index in [0.29, 0.717) is 46.8 Å². The lowest BCUT2D eigenvalue weighted by molar-refractivity contribution is 0.171. The van der Waals surface area contributed by atoms with Crippen LogP contribution in [0.15, 0.2) is 59.5 Å². The molecule has 0 amide bonds. The Hall–Kier alpha value is -3.41. The van der Waals surface area contributed by atoms with Gasteiger partial charge in [-0.15, -0.1) is 15.3 Å². The maximum atomic E-state index is 12.6. The smallest absolute Gasteiger partial charge is 0.240 e. The summed E-state index contributed by atoms with van der Waals surface area (Å²) in [5, 5.41) is 13.2. The molecular formula is C21H18ClN5O5S. The van der Waals surface area contributed by atoms with E-state index < -0.39 is 10.0 Å². The van der Waals surface area contributed by atoms with Crippen LogP contribution in [0.4, 0.5) is 0 Å². The Balaban J connectivity index is 1.25. The van der Waals surface area contributed by atoms with Crippen LogP contribution in [0.25, 0.3) is 17.0 Å². The van der Waals surface area contributed by atoms with Gasteiger partial charge in [0.15, 0.2) is 23.0 Å². The van der Waals surface area contributed by atoms with Crippen molar-refractivity contribution >= 4 is 27.3 Å². The zero-order valence-electron chi connectivity index (χ0n) is 17.1. The third kappa shape index (κ3) is 4.42. The third-order valence-corrected chi connectivity index (χ3v) is 6.61. The Morgan fingerprint density at radius 1 is 1.03 bits per heavy atom. The van der Waals surface area contributed by atoms with E-state index in [1.54, 1.807) is 24.3 Å². The molecule has 1 N–H and O–H groups in total. The minimum Gasteiger partial charge on any atom is -0.486 e. The van der Waals surface area contributed by atoms with Crippen LogP contribution in [0.5, 0.6) is 17.4 Å². The van der Waals surface area contributed by atoms with E-state index in [4.69, 9.17) is 25.8 Å². The number of hydrogen-bond acceptors (Lipinski definition) is 8. The second-order valence-electron chi connectivity index (χ2n) is 7.00. The van der Waals surface area contributed by atoms with Crippen molar-refractivity contribution in [2.75, 3.05) is 26.4 Å². The quantitative estimate of drug-likeness (QED) is 0.395. The monoisotopic (exact) mass is 487 g/mol. The van der Waals surface area contributed by atoms with Crippen molar-refractivity contribution in [3.8, 4) is 28.8 Å². The third-order valence-electron chi connectivity index (χ3n) is 4.82. The summed E-state index contributed by atoms with van der Waals surface area (Å²) >= 11 is 6.27. The summed E-state index contributed by atoms with van der Waals surface area (Å²) < 4.78 is 45.7. The second kappa shape index (κ2) is 8.85. The van der Waals surface area contributed by atoms with E-state index in [9.17, 15) is 8.42 Å². The predicted molar refractivity (Wildman–Crippen MR) is 119 cm³/mol. The molecule has 0 spiro atoms. The molecule has 2 aromatic heterocycles. The average molecular weight is 488 g/mol. The lowest BCUT2D eigenvalue weighted by atomic mass is 10.2. The van der Waals surface area contributed by atoms with Crippen molar-refractivity contribution in [2.45, 2.75) is 4.90 Å². The van der Waals surface area contributed by atoms with Gasteiger partial charge in [0.1, 0.15) is 19.8 Å². The Kier molecular flexibility index (Phi) is 5.75. The topological polar surface area (TPSA) is 117 Å². The van der Waals surface area contributed by atoms with E-state index in [2.05, 4.69) is 20.0 Å². The minimum atomic E-state index is -3.75. The van der Waals surface area contributed by atoms with Gasteiger partial charge < -0.3 is 14.2 Å². The number of sulfonamides is 1. The molecule has 0 atom stereocenters. The van der Waals surface area contributed by atoms with E-state index in [0.717, 1.165) is 0 Å². The van der Waals surface area contributed by atoms with Crippen molar-refractivity contribution < 1.29 is 22.6 Å². The first kappa shape index (κ1) is 21.4. The largest absolute Gasteiger partial charge is 0.486 e. The zero-order chi connectivity index (χ0) is 22.8. The number of nitrogens with one attached hydrogen (secondary N) is 1. The molecule has 0 fully saturated rings. The molecule has 2 aromatic carbocycles. The number of ether oxygens (including phenoxy) is 3. The van der Waals surface area contributed by atoms with Gasteiger partial charge in [0, 0.05) is 24.2 Å². The fourth-order valence-corrected chi connectivity index (χ4v) is 4.51. The van der Waals surface area contributed by atoms with E-state index >= 15 is 0 Å². The molecule has 0 aliphatic carbocycles. The van der Waals surface area contributed by atoms with Crippen molar-refractivity contribution in [3.63, 3.8) is 0 Å². The highest BCUT2D eigenvalue weighted by Gasteiger charge is 2.19. The molecule has 4 aromatic rings. The molecule has 0 saturated heterocycles. The Morgan fingerprint density at radius 3 is 2.70 bits per heavy atom. The van der Waals surface area contributed by atoms with Gasteiger partial charge in [-0.05, 0) is 30.3 Å². The summed E-state index contributed by atoms with van der Waals surface area (Å²) in [4.78, 5) is 0.0835. The molecule has 0 saturated carbocycles. The zero-order valence-corrected chi connectivity index (χ0v) is 18.7. The van der Waals surface area contributed by atoms with Gasteiger partial charge in [-0.1, -0.05) is 23.7 Å². The van der Waals surface area contributed by atoms with Crippen LogP contribution in [0.1, 0.15) is 0 Å². The number of hydrogen-bond donors (Lipinski definition) is 1. The molecule has 5 rings (SSSR count). The number of halogens is 1. The predicted octanol–water partition coefficient (Wildman–Crippen LogP) is 2.57. The minimum absolute atomic E-state index is 0.0377. The number of nitrogens with zero attached hydrogens (tertiary/aromatic N) is 4. The average Bonchev–Trinajstić information content (AvgIpc) is 3.25. The summed E-state index contributed by atoms with van der Waals surface area (Å²) in [5.74, 6) is 1.69. The fourth-order valence-electron chi connectivity index (χ4n) is 3.27. The maximum absolute atomic E-state index is 12.6. The number of fused-ring (bicyclic) bond motifs is 2. The van der Waals surface area contributed by atoms with Crippen LogP contribution in [0.2, 0.25) is 5.02 Å². The molecule has 3 heterocycles. The molecule has 170 valence electrons. The maximum Gasteiger partial charge on any atom is 0.240 e. The van der Waals surface area contributed by atoms with Crippen LogP contribution < -0.4 is 18.9 Å². The Morgan fingerprint density at radius 2 is 1.85 bits per heavy atom. The molecule has 10 nitrogen and oxygen atoms in total. The summed E-state index contributed by atoms with van der Waals surface area (Å²) in [6.45, 7) is 0.908. The van der Waals surface area contributed by atoms with E-state index in [1.165, 1.54) is 16.6 Å². The lowest BCUT2D eigenvalue weighted by Gasteiger charge is -2.18. The summed E-state index contributed by atoms with van der Waals surface area (Å²) in [6, 6.07) is 15.1. The molecule has 0 unspecified atom stereocenters. The molecule has 1 aliphatic heterocycles. The Bertz CT molecular complexity index is 1430. The van der Waals surface area contributed by atoms with E-state index in [-0.39, 0.29) is 23.9 Å². The molecular weight excluding hydrogens is 470 g/mol. The van der Waals surface area contributed by atoms with Gasteiger partial charge in [0.2, 0.25) is 15.9 Å². The SMILES string of the molecule is O=S(=O)(NCCOc1ccc2nnc(-c3ccccc3Cl)n2n1)c1ccc2c(c1)OCCO2. The first-order valence-electron chi connectivity index (χ1n) is 10.0. The van der Waals surface area contributed by atoms with Crippen LogP contribution in [0, 0.1) is 0 Å². The highest BCUT2D eigenvalue weighted by Crippen LogP contribution is 2.32. The van der Waals surface area contributed by atoms with Gasteiger partial charge in [0.25, 0.3) is 0 Å².